The normalized spacial score (nSPS) is 12.4. The van der Waals surface area contributed by atoms with Crippen LogP contribution in [0.1, 0.15) is 30.6 Å². The average Bonchev–Trinajstić information content (AvgIpc) is 2.82. The summed E-state index contributed by atoms with van der Waals surface area (Å²) in [5.41, 5.74) is 4.91. The lowest BCUT2D eigenvalue weighted by Gasteiger charge is -2.19. The highest BCUT2D eigenvalue weighted by molar-refractivity contribution is 9.10. The monoisotopic (exact) mass is 338 g/mol. The smallest absolute Gasteiger partial charge is 0.119 e. The highest BCUT2D eigenvalue weighted by Gasteiger charge is 2.21. The molecular weight excluding hydrogens is 320 g/mol. The van der Waals surface area contributed by atoms with Crippen molar-refractivity contribution >= 4 is 15.9 Å². The van der Waals surface area contributed by atoms with Crippen LogP contribution < -0.4 is 16.0 Å². The van der Waals surface area contributed by atoms with Crippen molar-refractivity contribution in [3.05, 3.63) is 46.2 Å². The van der Waals surface area contributed by atoms with Gasteiger partial charge in [0, 0.05) is 6.54 Å². The van der Waals surface area contributed by atoms with E-state index < -0.39 is 0 Å². The van der Waals surface area contributed by atoms with Gasteiger partial charge in [-0.2, -0.15) is 5.10 Å². The lowest BCUT2D eigenvalue weighted by Crippen LogP contribution is -2.31. The molecule has 0 amide bonds. The van der Waals surface area contributed by atoms with Gasteiger partial charge in [-0.05, 0) is 40.0 Å². The Kier molecular flexibility index (Phi) is 5.17. The highest BCUT2D eigenvalue weighted by Crippen LogP contribution is 2.29. The van der Waals surface area contributed by atoms with E-state index in [2.05, 4.69) is 33.4 Å². The van der Waals surface area contributed by atoms with Gasteiger partial charge in [-0.15, -0.1) is 0 Å². The third-order valence-electron chi connectivity index (χ3n) is 3.14. The van der Waals surface area contributed by atoms with Crippen LogP contribution in [0.2, 0.25) is 0 Å². The van der Waals surface area contributed by atoms with Gasteiger partial charge in [-0.3, -0.25) is 10.5 Å². The Morgan fingerprint density at radius 3 is 2.95 bits per heavy atom. The molecule has 2 rings (SSSR count). The van der Waals surface area contributed by atoms with Gasteiger partial charge in [0.2, 0.25) is 0 Å². The first-order chi connectivity index (χ1) is 9.71. The number of aryl methyl sites for hydroxylation is 1. The fourth-order valence-corrected chi connectivity index (χ4v) is 2.73. The zero-order chi connectivity index (χ0) is 14.5. The number of hydrogen-bond donors (Lipinski definition) is 2. The minimum Gasteiger partial charge on any atom is -0.497 e. The van der Waals surface area contributed by atoms with E-state index in [4.69, 9.17) is 10.6 Å². The molecule has 108 valence electrons. The van der Waals surface area contributed by atoms with E-state index in [9.17, 15) is 0 Å². The molecule has 6 heteroatoms. The summed E-state index contributed by atoms with van der Waals surface area (Å²) in [7, 11) is 1.65. The number of nitrogens with two attached hydrogens (primary N) is 1. The van der Waals surface area contributed by atoms with Gasteiger partial charge in [0.1, 0.15) is 5.75 Å². The molecule has 1 aromatic heterocycles. The quantitative estimate of drug-likeness (QED) is 0.627. The molecule has 0 saturated heterocycles. The van der Waals surface area contributed by atoms with Gasteiger partial charge in [0.05, 0.1) is 29.5 Å². The Balaban J connectivity index is 2.43. The van der Waals surface area contributed by atoms with Crippen LogP contribution in [-0.4, -0.2) is 16.9 Å². The van der Waals surface area contributed by atoms with Gasteiger partial charge < -0.3 is 4.74 Å². The maximum atomic E-state index is 5.77. The predicted molar refractivity (Wildman–Crippen MR) is 82.4 cm³/mol. The number of methoxy groups -OCH3 is 1. The molecule has 20 heavy (non-hydrogen) atoms. The highest BCUT2D eigenvalue weighted by atomic mass is 79.9. The lowest BCUT2D eigenvalue weighted by atomic mass is 10.0. The summed E-state index contributed by atoms with van der Waals surface area (Å²) in [5, 5.41) is 4.39. The Morgan fingerprint density at radius 1 is 1.50 bits per heavy atom. The van der Waals surface area contributed by atoms with Crippen molar-refractivity contribution in [2.45, 2.75) is 25.9 Å². The van der Waals surface area contributed by atoms with Crippen LogP contribution in [0.4, 0.5) is 0 Å². The van der Waals surface area contributed by atoms with Gasteiger partial charge >= 0.3 is 0 Å². The first-order valence-electron chi connectivity index (χ1n) is 6.52. The number of halogens is 1. The van der Waals surface area contributed by atoms with Crippen LogP contribution >= 0.6 is 15.9 Å². The fourth-order valence-electron chi connectivity index (χ4n) is 2.20. The van der Waals surface area contributed by atoms with Crippen LogP contribution in [0.25, 0.3) is 0 Å². The second-order valence-corrected chi connectivity index (χ2v) is 5.33. The fraction of sp³-hybridized carbons (Fsp3) is 0.357. The molecule has 0 aliphatic carbocycles. The molecule has 0 fully saturated rings. The van der Waals surface area contributed by atoms with Crippen molar-refractivity contribution in [1.82, 2.24) is 15.2 Å². The second kappa shape index (κ2) is 6.88. The Hall–Kier alpha value is -1.37. The molecule has 0 radical (unpaired) electrons. The number of nitrogens with one attached hydrogen (secondary N) is 1. The molecule has 0 saturated carbocycles. The lowest BCUT2D eigenvalue weighted by molar-refractivity contribution is 0.413. The number of hydrazine groups is 1. The zero-order valence-electron chi connectivity index (χ0n) is 11.6. The van der Waals surface area contributed by atoms with E-state index in [1.807, 2.05) is 28.9 Å². The van der Waals surface area contributed by atoms with E-state index >= 15 is 0 Å². The van der Waals surface area contributed by atoms with E-state index in [1.165, 1.54) is 0 Å². The largest absolute Gasteiger partial charge is 0.497 e. The molecule has 5 nitrogen and oxygen atoms in total. The maximum absolute atomic E-state index is 5.77. The third-order valence-corrected chi connectivity index (χ3v) is 3.75. The van der Waals surface area contributed by atoms with Crippen LogP contribution in [-0.2, 0) is 6.54 Å². The molecular formula is C14H19BrN4O. The summed E-state index contributed by atoms with van der Waals surface area (Å²) < 4.78 is 8.18. The Bertz CT molecular complexity index is 570. The average molecular weight is 339 g/mol. The van der Waals surface area contributed by atoms with Crippen LogP contribution in [0.5, 0.6) is 5.75 Å². The summed E-state index contributed by atoms with van der Waals surface area (Å²) in [6, 6.07) is 7.71. The number of hydrogen-bond acceptors (Lipinski definition) is 4. The summed E-state index contributed by atoms with van der Waals surface area (Å²) in [6.07, 6.45) is 2.81. The van der Waals surface area contributed by atoms with Gasteiger partial charge in [-0.1, -0.05) is 19.1 Å². The number of aromatic nitrogens is 2. The Morgan fingerprint density at radius 2 is 2.30 bits per heavy atom. The number of ether oxygens (including phenoxy) is 1. The number of rotatable bonds is 6. The molecule has 1 unspecified atom stereocenters. The van der Waals surface area contributed by atoms with E-state index in [1.54, 1.807) is 13.3 Å². The van der Waals surface area contributed by atoms with Crippen LogP contribution in [0, 0.1) is 0 Å². The molecule has 2 aromatic rings. The van der Waals surface area contributed by atoms with Crippen LogP contribution in [0.15, 0.2) is 34.9 Å². The van der Waals surface area contributed by atoms with Crippen molar-refractivity contribution in [3.8, 4) is 5.75 Å². The van der Waals surface area contributed by atoms with Crippen molar-refractivity contribution in [3.63, 3.8) is 0 Å². The minimum absolute atomic E-state index is 0.145. The zero-order valence-corrected chi connectivity index (χ0v) is 13.2. The molecule has 1 atom stereocenters. The summed E-state index contributed by atoms with van der Waals surface area (Å²) in [6.45, 7) is 2.97. The van der Waals surface area contributed by atoms with E-state index in [0.717, 1.165) is 34.4 Å². The maximum Gasteiger partial charge on any atom is 0.119 e. The standard InChI is InChI=1S/C14H19BrN4O/c1-3-7-19-14(12(15)9-17-19)13(18-16)10-5-4-6-11(8-10)20-2/h4-6,8-9,13,18H,3,7,16H2,1-2H3. The SMILES string of the molecule is CCCn1ncc(Br)c1C(NN)c1cccc(OC)c1. The first kappa shape index (κ1) is 15.0. The molecule has 1 aromatic carbocycles. The van der Waals surface area contributed by atoms with Crippen molar-refractivity contribution in [2.24, 2.45) is 5.84 Å². The van der Waals surface area contributed by atoms with Crippen molar-refractivity contribution in [2.75, 3.05) is 7.11 Å². The van der Waals surface area contributed by atoms with Crippen LogP contribution in [0.3, 0.4) is 0 Å². The van der Waals surface area contributed by atoms with E-state index in [-0.39, 0.29) is 6.04 Å². The molecule has 3 N–H and O–H groups in total. The predicted octanol–water partition coefficient (Wildman–Crippen LogP) is 2.62. The van der Waals surface area contributed by atoms with Gasteiger partial charge in [0.15, 0.2) is 0 Å². The topological polar surface area (TPSA) is 65.1 Å². The van der Waals surface area contributed by atoms with E-state index in [0.29, 0.717) is 0 Å². The van der Waals surface area contributed by atoms with Crippen molar-refractivity contribution < 1.29 is 4.74 Å². The summed E-state index contributed by atoms with van der Waals surface area (Å²) >= 11 is 3.55. The molecule has 0 aliphatic rings. The molecule has 0 spiro atoms. The third kappa shape index (κ3) is 3.03. The summed E-state index contributed by atoms with van der Waals surface area (Å²) in [5.74, 6) is 6.57. The summed E-state index contributed by atoms with van der Waals surface area (Å²) in [4.78, 5) is 0. The van der Waals surface area contributed by atoms with Gasteiger partial charge in [-0.25, -0.2) is 5.43 Å². The number of benzene rings is 1. The second-order valence-electron chi connectivity index (χ2n) is 4.48. The molecule has 1 heterocycles. The van der Waals surface area contributed by atoms with Crippen molar-refractivity contribution in [1.29, 1.82) is 0 Å². The molecule has 0 bridgehead atoms. The Labute approximate surface area is 127 Å². The molecule has 0 aliphatic heterocycles. The van der Waals surface area contributed by atoms with Gasteiger partial charge in [0.25, 0.3) is 0 Å². The first-order valence-corrected chi connectivity index (χ1v) is 7.31. The number of nitrogens with zero attached hydrogens (tertiary/aromatic N) is 2. The minimum atomic E-state index is -0.145.